The van der Waals surface area contributed by atoms with Crippen molar-refractivity contribution in [1.29, 1.82) is 0 Å². The van der Waals surface area contributed by atoms with E-state index in [-0.39, 0.29) is 0 Å². The lowest BCUT2D eigenvalue weighted by molar-refractivity contribution is -0.131. The van der Waals surface area contributed by atoms with E-state index >= 15 is 0 Å². The first-order valence-electron chi connectivity index (χ1n) is 6.33. The highest BCUT2D eigenvalue weighted by Gasteiger charge is 2.20. The third kappa shape index (κ3) is 3.70. The molecule has 0 amide bonds. The highest BCUT2D eigenvalue weighted by molar-refractivity contribution is 9.10. The fourth-order valence-electron chi connectivity index (χ4n) is 2.64. The molecule has 1 aromatic rings. The Kier molecular flexibility index (Phi) is 4.59. The Morgan fingerprint density at radius 1 is 1.44 bits per heavy atom. The molecule has 0 radical (unpaired) electrons. The maximum Gasteiger partial charge on any atom is 0.328 e. The molecule has 1 aliphatic rings. The molecule has 1 unspecified atom stereocenters. The van der Waals surface area contributed by atoms with Gasteiger partial charge < -0.3 is 5.11 Å². The lowest BCUT2D eigenvalue weighted by Gasteiger charge is -2.25. The van der Waals surface area contributed by atoms with Crippen molar-refractivity contribution in [3.63, 3.8) is 0 Å². The van der Waals surface area contributed by atoms with Crippen LogP contribution in [0.3, 0.4) is 0 Å². The number of allylic oxidation sites excluding steroid dienone is 1. The van der Waals surface area contributed by atoms with Crippen LogP contribution < -0.4 is 0 Å². The zero-order valence-corrected chi connectivity index (χ0v) is 11.8. The van der Waals surface area contributed by atoms with Gasteiger partial charge in [0, 0.05) is 10.5 Å². The van der Waals surface area contributed by atoms with Gasteiger partial charge in [0.05, 0.1) is 0 Å². The summed E-state index contributed by atoms with van der Waals surface area (Å²) in [6, 6.07) is 8.27. The van der Waals surface area contributed by atoms with Crippen LogP contribution in [0, 0.1) is 5.92 Å². The minimum atomic E-state index is -0.814. The SMILES string of the molecule is O=C(O)/C=C1\CCCCC1Cc1cccc(Br)c1. The third-order valence-corrected chi connectivity index (χ3v) is 3.97. The van der Waals surface area contributed by atoms with Crippen molar-refractivity contribution in [1.82, 2.24) is 0 Å². The number of hydrogen-bond donors (Lipinski definition) is 1. The molecule has 0 bridgehead atoms. The first-order valence-corrected chi connectivity index (χ1v) is 7.12. The van der Waals surface area contributed by atoms with E-state index in [4.69, 9.17) is 5.11 Å². The van der Waals surface area contributed by atoms with Crippen LogP contribution in [0.15, 0.2) is 40.4 Å². The summed E-state index contributed by atoms with van der Waals surface area (Å²) in [6.07, 6.45) is 6.72. The van der Waals surface area contributed by atoms with Crippen LogP contribution in [0.5, 0.6) is 0 Å². The van der Waals surface area contributed by atoms with Gasteiger partial charge >= 0.3 is 5.97 Å². The van der Waals surface area contributed by atoms with E-state index in [1.807, 2.05) is 12.1 Å². The zero-order valence-electron chi connectivity index (χ0n) is 10.2. The van der Waals surface area contributed by atoms with Crippen molar-refractivity contribution in [2.75, 3.05) is 0 Å². The summed E-state index contributed by atoms with van der Waals surface area (Å²) in [5, 5.41) is 8.91. The molecule has 0 spiro atoms. The van der Waals surface area contributed by atoms with Gasteiger partial charge in [-0.15, -0.1) is 0 Å². The number of halogens is 1. The lowest BCUT2D eigenvalue weighted by Crippen LogP contribution is -2.14. The number of carboxylic acid groups (broad SMARTS) is 1. The highest BCUT2D eigenvalue weighted by atomic mass is 79.9. The molecule has 1 aliphatic carbocycles. The van der Waals surface area contributed by atoms with E-state index in [1.165, 1.54) is 18.1 Å². The van der Waals surface area contributed by atoms with Crippen LogP contribution in [0.25, 0.3) is 0 Å². The molecule has 1 atom stereocenters. The molecule has 1 saturated carbocycles. The summed E-state index contributed by atoms with van der Waals surface area (Å²) in [7, 11) is 0. The Hall–Kier alpha value is -1.09. The largest absolute Gasteiger partial charge is 0.478 e. The molecule has 2 nitrogen and oxygen atoms in total. The number of carboxylic acids is 1. The molecule has 0 heterocycles. The predicted octanol–water partition coefficient (Wildman–Crippen LogP) is 4.19. The molecular weight excluding hydrogens is 292 g/mol. The van der Waals surface area contributed by atoms with Gasteiger partial charge in [0.1, 0.15) is 0 Å². The van der Waals surface area contributed by atoms with Gasteiger partial charge in [-0.3, -0.25) is 0 Å². The molecule has 18 heavy (non-hydrogen) atoms. The molecule has 0 aromatic heterocycles. The van der Waals surface area contributed by atoms with Crippen LogP contribution in [-0.4, -0.2) is 11.1 Å². The van der Waals surface area contributed by atoms with Crippen LogP contribution in [0.1, 0.15) is 31.2 Å². The first-order chi connectivity index (χ1) is 8.65. The van der Waals surface area contributed by atoms with Gasteiger partial charge in [-0.1, -0.05) is 40.1 Å². The van der Waals surface area contributed by atoms with Gasteiger partial charge in [-0.05, 0) is 49.3 Å². The van der Waals surface area contributed by atoms with Crippen molar-refractivity contribution in [3.05, 3.63) is 46.0 Å². The molecule has 0 saturated heterocycles. The second kappa shape index (κ2) is 6.19. The second-order valence-electron chi connectivity index (χ2n) is 4.83. The monoisotopic (exact) mass is 308 g/mol. The van der Waals surface area contributed by atoms with Gasteiger partial charge in [0.2, 0.25) is 0 Å². The van der Waals surface area contributed by atoms with Crippen LogP contribution in [0.4, 0.5) is 0 Å². The third-order valence-electron chi connectivity index (χ3n) is 3.47. The smallest absolute Gasteiger partial charge is 0.328 e. The van der Waals surface area contributed by atoms with E-state index in [9.17, 15) is 4.79 Å². The van der Waals surface area contributed by atoms with E-state index in [2.05, 4.69) is 28.1 Å². The Bertz CT molecular complexity index is 465. The van der Waals surface area contributed by atoms with Gasteiger partial charge in [-0.25, -0.2) is 4.79 Å². The quantitative estimate of drug-likeness (QED) is 0.850. The van der Waals surface area contributed by atoms with E-state index in [1.54, 1.807) is 0 Å². The van der Waals surface area contributed by atoms with Crippen molar-refractivity contribution in [2.24, 2.45) is 5.92 Å². The predicted molar refractivity (Wildman–Crippen MR) is 75.5 cm³/mol. The molecule has 3 heteroatoms. The second-order valence-corrected chi connectivity index (χ2v) is 5.75. The van der Waals surface area contributed by atoms with Crippen molar-refractivity contribution < 1.29 is 9.90 Å². The summed E-state index contributed by atoms with van der Waals surface area (Å²) in [5.74, 6) is -0.421. The number of aliphatic carboxylic acids is 1. The number of carbonyl (C=O) groups is 1. The number of benzene rings is 1. The molecule has 1 aromatic carbocycles. The Balaban J connectivity index is 2.13. The fourth-order valence-corrected chi connectivity index (χ4v) is 3.09. The fraction of sp³-hybridized carbons (Fsp3) is 0.400. The molecule has 1 fully saturated rings. The summed E-state index contributed by atoms with van der Waals surface area (Å²) >= 11 is 3.47. The minimum absolute atomic E-state index is 0.393. The summed E-state index contributed by atoms with van der Waals surface area (Å²) < 4.78 is 1.08. The van der Waals surface area contributed by atoms with Crippen molar-refractivity contribution in [2.45, 2.75) is 32.1 Å². The number of rotatable bonds is 3. The highest BCUT2D eigenvalue weighted by Crippen LogP contribution is 2.32. The zero-order chi connectivity index (χ0) is 13.0. The molecule has 2 rings (SSSR count). The number of hydrogen-bond acceptors (Lipinski definition) is 1. The van der Waals surface area contributed by atoms with E-state index in [0.717, 1.165) is 35.7 Å². The lowest BCUT2D eigenvalue weighted by atomic mass is 9.80. The Morgan fingerprint density at radius 3 is 3.00 bits per heavy atom. The van der Waals surface area contributed by atoms with Crippen LogP contribution in [-0.2, 0) is 11.2 Å². The van der Waals surface area contributed by atoms with Crippen molar-refractivity contribution in [3.8, 4) is 0 Å². The summed E-state index contributed by atoms with van der Waals surface area (Å²) in [4.78, 5) is 10.8. The van der Waals surface area contributed by atoms with Gasteiger partial charge in [0.15, 0.2) is 0 Å². The van der Waals surface area contributed by atoms with Crippen LogP contribution >= 0.6 is 15.9 Å². The van der Waals surface area contributed by atoms with Crippen LogP contribution in [0.2, 0.25) is 0 Å². The van der Waals surface area contributed by atoms with Gasteiger partial charge in [0.25, 0.3) is 0 Å². The van der Waals surface area contributed by atoms with E-state index < -0.39 is 5.97 Å². The molecule has 96 valence electrons. The Labute approximate surface area is 116 Å². The molecular formula is C15H17BrO2. The van der Waals surface area contributed by atoms with Gasteiger partial charge in [-0.2, -0.15) is 0 Å². The van der Waals surface area contributed by atoms with E-state index in [0.29, 0.717) is 5.92 Å². The topological polar surface area (TPSA) is 37.3 Å². The average molecular weight is 309 g/mol. The Morgan fingerprint density at radius 2 is 2.28 bits per heavy atom. The summed E-state index contributed by atoms with van der Waals surface area (Å²) in [5.41, 5.74) is 2.38. The average Bonchev–Trinajstić information content (AvgIpc) is 2.31. The maximum atomic E-state index is 10.8. The first kappa shape index (κ1) is 13.3. The normalized spacial score (nSPS) is 22.1. The van der Waals surface area contributed by atoms with Crippen molar-refractivity contribution >= 4 is 21.9 Å². The maximum absolute atomic E-state index is 10.8. The molecule has 0 aliphatic heterocycles. The standard InChI is InChI=1S/C15H17BrO2/c16-14-7-3-4-11(9-14)8-12-5-1-2-6-13(12)10-15(17)18/h3-4,7,9-10,12H,1-2,5-6,8H2,(H,17,18)/b13-10+. The molecule has 1 N–H and O–H groups in total. The summed E-state index contributed by atoms with van der Waals surface area (Å²) in [6.45, 7) is 0. The minimum Gasteiger partial charge on any atom is -0.478 e.